The molecule has 0 unspecified atom stereocenters. The molecule has 0 saturated carbocycles. The lowest BCUT2D eigenvalue weighted by molar-refractivity contribution is 0.170. The number of rotatable bonds is 3. The van der Waals surface area contributed by atoms with Crippen LogP contribution in [0.15, 0.2) is 23.1 Å². The number of anilines is 1. The van der Waals surface area contributed by atoms with Crippen LogP contribution in [0.1, 0.15) is 18.4 Å². The molecule has 1 aliphatic rings. The standard InChI is InChI=1S/C13H20N2O3S/c1-10-2-3-12(14)8-13(10)19(17,18)15-6-4-11(9-16)5-7-15/h2-3,8,11,16H,4-7,9,14H2,1H3. The van der Waals surface area contributed by atoms with Gasteiger partial charge in [-0.3, -0.25) is 0 Å². The van der Waals surface area contributed by atoms with Gasteiger partial charge in [0.1, 0.15) is 0 Å². The normalized spacial score (nSPS) is 18.6. The zero-order valence-corrected chi connectivity index (χ0v) is 11.9. The van der Waals surface area contributed by atoms with E-state index in [1.807, 2.05) is 0 Å². The molecule has 0 atom stereocenters. The topological polar surface area (TPSA) is 83.6 Å². The van der Waals surface area contributed by atoms with Gasteiger partial charge < -0.3 is 10.8 Å². The second kappa shape index (κ2) is 5.48. The second-order valence-corrected chi connectivity index (χ2v) is 6.96. The molecule has 3 N–H and O–H groups in total. The zero-order valence-electron chi connectivity index (χ0n) is 11.0. The van der Waals surface area contributed by atoms with E-state index in [2.05, 4.69) is 0 Å². The van der Waals surface area contributed by atoms with Gasteiger partial charge >= 0.3 is 0 Å². The fraction of sp³-hybridized carbons (Fsp3) is 0.538. The van der Waals surface area contributed by atoms with Crippen molar-refractivity contribution in [3.05, 3.63) is 23.8 Å². The molecule has 0 radical (unpaired) electrons. The first-order valence-electron chi connectivity index (χ1n) is 6.42. The van der Waals surface area contributed by atoms with Crippen LogP contribution in [0.3, 0.4) is 0 Å². The van der Waals surface area contributed by atoms with Crippen LogP contribution in [0, 0.1) is 12.8 Å². The molecule has 1 aromatic rings. The minimum absolute atomic E-state index is 0.130. The van der Waals surface area contributed by atoms with Gasteiger partial charge in [0.25, 0.3) is 0 Å². The fourth-order valence-corrected chi connectivity index (χ4v) is 4.10. The first-order chi connectivity index (χ1) is 8.95. The van der Waals surface area contributed by atoms with E-state index in [0.29, 0.717) is 37.2 Å². The molecule has 6 heteroatoms. The highest BCUT2D eigenvalue weighted by molar-refractivity contribution is 7.89. The summed E-state index contributed by atoms with van der Waals surface area (Å²) < 4.78 is 26.6. The first kappa shape index (κ1) is 14.3. The highest BCUT2D eigenvalue weighted by atomic mass is 32.2. The Hall–Kier alpha value is -1.11. The van der Waals surface area contributed by atoms with Crippen LogP contribution >= 0.6 is 0 Å². The predicted octanol–water partition coefficient (Wildman–Crippen LogP) is 0.970. The maximum absolute atomic E-state index is 12.6. The fourth-order valence-electron chi connectivity index (χ4n) is 2.37. The Morgan fingerprint density at radius 1 is 1.37 bits per heavy atom. The van der Waals surface area contributed by atoms with Gasteiger partial charge in [0.15, 0.2) is 0 Å². The predicted molar refractivity (Wildman–Crippen MR) is 74.2 cm³/mol. The van der Waals surface area contributed by atoms with Crippen LogP contribution in [0.4, 0.5) is 5.69 Å². The molecule has 0 aliphatic carbocycles. The van der Waals surface area contributed by atoms with Crippen LogP contribution < -0.4 is 5.73 Å². The smallest absolute Gasteiger partial charge is 0.243 e. The number of aliphatic hydroxyl groups is 1. The summed E-state index contributed by atoms with van der Waals surface area (Å²) in [6, 6.07) is 4.94. The van der Waals surface area contributed by atoms with Crippen molar-refractivity contribution in [2.75, 3.05) is 25.4 Å². The van der Waals surface area contributed by atoms with E-state index in [9.17, 15) is 8.42 Å². The summed E-state index contributed by atoms with van der Waals surface area (Å²) in [5.41, 5.74) is 6.84. The summed E-state index contributed by atoms with van der Waals surface area (Å²) in [5.74, 6) is 0.216. The van der Waals surface area contributed by atoms with Gasteiger partial charge in [-0.1, -0.05) is 6.07 Å². The quantitative estimate of drug-likeness (QED) is 0.810. The Bertz CT molecular complexity index is 549. The molecule has 1 heterocycles. The molecule has 106 valence electrons. The lowest BCUT2D eigenvalue weighted by Crippen LogP contribution is -2.39. The lowest BCUT2D eigenvalue weighted by atomic mass is 10.00. The Kier molecular flexibility index (Phi) is 4.13. The van der Waals surface area contributed by atoms with Gasteiger partial charge in [-0.25, -0.2) is 8.42 Å². The third kappa shape index (κ3) is 2.91. The Labute approximate surface area is 114 Å². The molecule has 0 aromatic heterocycles. The minimum atomic E-state index is -3.48. The number of aryl methyl sites for hydroxylation is 1. The summed E-state index contributed by atoms with van der Waals surface area (Å²) >= 11 is 0. The highest BCUT2D eigenvalue weighted by Crippen LogP contribution is 2.26. The summed E-state index contributed by atoms with van der Waals surface area (Å²) in [6.45, 7) is 2.82. The van der Waals surface area contributed by atoms with Crippen molar-refractivity contribution in [3.63, 3.8) is 0 Å². The Morgan fingerprint density at radius 3 is 2.58 bits per heavy atom. The van der Waals surface area contributed by atoms with Crippen molar-refractivity contribution in [1.82, 2.24) is 4.31 Å². The van der Waals surface area contributed by atoms with Gasteiger partial charge in [0.2, 0.25) is 10.0 Å². The number of nitrogen functional groups attached to an aromatic ring is 1. The molecule has 1 saturated heterocycles. The van der Waals surface area contributed by atoms with E-state index in [0.717, 1.165) is 0 Å². The third-order valence-electron chi connectivity index (χ3n) is 3.66. The molecular formula is C13H20N2O3S. The van der Waals surface area contributed by atoms with Crippen LogP contribution in [0.25, 0.3) is 0 Å². The van der Waals surface area contributed by atoms with E-state index in [1.54, 1.807) is 19.1 Å². The van der Waals surface area contributed by atoms with Crippen molar-refractivity contribution in [1.29, 1.82) is 0 Å². The highest BCUT2D eigenvalue weighted by Gasteiger charge is 2.30. The van der Waals surface area contributed by atoms with Crippen LogP contribution in [-0.2, 0) is 10.0 Å². The van der Waals surface area contributed by atoms with E-state index >= 15 is 0 Å². The molecule has 1 fully saturated rings. The average molecular weight is 284 g/mol. The number of hydrogen-bond acceptors (Lipinski definition) is 4. The minimum Gasteiger partial charge on any atom is -0.399 e. The molecule has 19 heavy (non-hydrogen) atoms. The third-order valence-corrected chi connectivity index (χ3v) is 5.70. The molecule has 1 aromatic carbocycles. The van der Waals surface area contributed by atoms with Crippen molar-refractivity contribution in [2.45, 2.75) is 24.7 Å². The average Bonchev–Trinajstić information content (AvgIpc) is 2.41. The Balaban J connectivity index is 2.26. The zero-order chi connectivity index (χ0) is 14.0. The van der Waals surface area contributed by atoms with Crippen LogP contribution in [0.2, 0.25) is 0 Å². The molecule has 5 nitrogen and oxygen atoms in total. The summed E-state index contributed by atoms with van der Waals surface area (Å²) in [7, 11) is -3.48. The number of benzene rings is 1. The molecule has 0 bridgehead atoms. The largest absolute Gasteiger partial charge is 0.399 e. The van der Waals surface area contributed by atoms with Gasteiger partial charge in [-0.05, 0) is 43.4 Å². The first-order valence-corrected chi connectivity index (χ1v) is 7.86. The Morgan fingerprint density at radius 2 is 2.00 bits per heavy atom. The number of nitrogens with zero attached hydrogens (tertiary/aromatic N) is 1. The summed E-state index contributed by atoms with van der Waals surface area (Å²) in [5, 5.41) is 9.09. The van der Waals surface area contributed by atoms with Crippen molar-refractivity contribution in [3.8, 4) is 0 Å². The van der Waals surface area contributed by atoms with Gasteiger partial charge in [-0.2, -0.15) is 4.31 Å². The molecular weight excluding hydrogens is 264 g/mol. The molecule has 2 rings (SSSR count). The van der Waals surface area contributed by atoms with Gasteiger partial charge in [0.05, 0.1) is 4.90 Å². The SMILES string of the molecule is Cc1ccc(N)cc1S(=O)(=O)N1CCC(CO)CC1. The summed E-state index contributed by atoms with van der Waals surface area (Å²) in [6.07, 6.45) is 1.41. The molecule has 0 spiro atoms. The monoisotopic (exact) mass is 284 g/mol. The van der Waals surface area contributed by atoms with Crippen LogP contribution in [-0.4, -0.2) is 37.5 Å². The van der Waals surface area contributed by atoms with Crippen LogP contribution in [0.5, 0.6) is 0 Å². The molecule has 1 aliphatic heterocycles. The maximum atomic E-state index is 12.6. The maximum Gasteiger partial charge on any atom is 0.243 e. The van der Waals surface area contributed by atoms with E-state index in [4.69, 9.17) is 10.8 Å². The number of sulfonamides is 1. The summed E-state index contributed by atoms with van der Waals surface area (Å²) in [4.78, 5) is 0.287. The van der Waals surface area contributed by atoms with Crippen molar-refractivity contribution >= 4 is 15.7 Å². The number of hydrogen-bond donors (Lipinski definition) is 2. The molecule has 0 amide bonds. The lowest BCUT2D eigenvalue weighted by Gasteiger charge is -2.30. The van der Waals surface area contributed by atoms with E-state index < -0.39 is 10.0 Å². The number of piperidine rings is 1. The van der Waals surface area contributed by atoms with Crippen molar-refractivity contribution < 1.29 is 13.5 Å². The number of aliphatic hydroxyl groups excluding tert-OH is 1. The van der Waals surface area contributed by atoms with E-state index in [-0.39, 0.29) is 17.4 Å². The van der Waals surface area contributed by atoms with Gasteiger partial charge in [0, 0.05) is 25.4 Å². The van der Waals surface area contributed by atoms with Crippen molar-refractivity contribution in [2.24, 2.45) is 5.92 Å². The van der Waals surface area contributed by atoms with Gasteiger partial charge in [-0.15, -0.1) is 0 Å². The van der Waals surface area contributed by atoms with E-state index in [1.165, 1.54) is 10.4 Å². The number of nitrogens with two attached hydrogens (primary N) is 1. The second-order valence-electron chi connectivity index (χ2n) is 5.05.